The van der Waals surface area contributed by atoms with Gasteiger partial charge in [0.25, 0.3) is 0 Å². The molecule has 2 atom stereocenters. The number of carbonyl (C=O) groups is 2. The van der Waals surface area contributed by atoms with Gasteiger partial charge in [-0.05, 0) is 47.5 Å². The minimum Gasteiger partial charge on any atom is -0.444 e. The van der Waals surface area contributed by atoms with Gasteiger partial charge in [-0.15, -0.1) is 0 Å². The van der Waals surface area contributed by atoms with Crippen molar-refractivity contribution in [3.63, 3.8) is 0 Å². The van der Waals surface area contributed by atoms with Crippen molar-refractivity contribution in [2.24, 2.45) is 5.92 Å². The number of nitrogens with one attached hydrogen (secondary N) is 2. The molecule has 2 rings (SSSR count). The van der Waals surface area contributed by atoms with E-state index in [2.05, 4.69) is 15.3 Å². The summed E-state index contributed by atoms with van der Waals surface area (Å²) in [6, 6.07) is -0.188. The second kappa shape index (κ2) is 7.23. The Morgan fingerprint density at radius 3 is 2.75 bits per heavy atom. The first-order valence-corrected chi connectivity index (χ1v) is 8.45. The van der Waals surface area contributed by atoms with Crippen LogP contribution >= 0.6 is 0 Å². The number of piperidine rings is 1. The fourth-order valence-corrected chi connectivity index (χ4v) is 2.93. The van der Waals surface area contributed by atoms with E-state index in [0.717, 1.165) is 24.4 Å². The lowest BCUT2D eigenvalue weighted by molar-refractivity contribution is -0.128. The molecule has 1 aliphatic rings. The molecule has 134 valence electrons. The van der Waals surface area contributed by atoms with Gasteiger partial charge < -0.3 is 19.9 Å². The predicted molar refractivity (Wildman–Crippen MR) is 90.3 cm³/mol. The second-order valence-electron chi connectivity index (χ2n) is 7.39. The Morgan fingerprint density at radius 1 is 1.46 bits per heavy atom. The third-order valence-electron chi connectivity index (χ3n) is 4.14. The molecule has 0 aromatic carbocycles. The SMILES string of the molecule is Cc1cnc(CNC(=O)[C@@H]2CCCN(C(=O)OC(C)(C)C)[C@@H]2C)[nH]1. The first kappa shape index (κ1) is 18.3. The van der Waals surface area contributed by atoms with Gasteiger partial charge in [0.1, 0.15) is 11.4 Å². The molecule has 7 heteroatoms. The molecule has 0 bridgehead atoms. The summed E-state index contributed by atoms with van der Waals surface area (Å²) in [7, 11) is 0. The number of nitrogens with zero attached hydrogens (tertiary/aromatic N) is 2. The van der Waals surface area contributed by atoms with Gasteiger partial charge in [-0.2, -0.15) is 0 Å². The predicted octanol–water partition coefficient (Wildman–Crippen LogP) is 2.37. The Balaban J connectivity index is 1.94. The zero-order valence-corrected chi connectivity index (χ0v) is 15.2. The van der Waals surface area contributed by atoms with Crippen LogP contribution < -0.4 is 5.32 Å². The van der Waals surface area contributed by atoms with Crippen LogP contribution in [0.5, 0.6) is 0 Å². The molecule has 1 aromatic rings. The van der Waals surface area contributed by atoms with E-state index < -0.39 is 5.60 Å². The summed E-state index contributed by atoms with van der Waals surface area (Å²) >= 11 is 0. The average Bonchev–Trinajstić information content (AvgIpc) is 2.88. The van der Waals surface area contributed by atoms with Crippen LogP contribution in [0, 0.1) is 12.8 Å². The van der Waals surface area contributed by atoms with Crippen molar-refractivity contribution in [3.8, 4) is 0 Å². The smallest absolute Gasteiger partial charge is 0.410 e. The summed E-state index contributed by atoms with van der Waals surface area (Å²) < 4.78 is 5.45. The highest BCUT2D eigenvalue weighted by molar-refractivity contribution is 5.80. The first-order chi connectivity index (χ1) is 11.2. The quantitative estimate of drug-likeness (QED) is 0.887. The lowest BCUT2D eigenvalue weighted by Crippen LogP contribution is -2.52. The Hall–Kier alpha value is -2.05. The summed E-state index contributed by atoms with van der Waals surface area (Å²) in [5.41, 5.74) is 0.421. The number of H-pyrrole nitrogens is 1. The van der Waals surface area contributed by atoms with Crippen molar-refractivity contribution in [3.05, 3.63) is 17.7 Å². The molecule has 1 aliphatic heterocycles. The molecule has 2 heterocycles. The second-order valence-corrected chi connectivity index (χ2v) is 7.39. The molecular formula is C17H28N4O3. The molecule has 1 aromatic heterocycles. The van der Waals surface area contributed by atoms with Crippen molar-refractivity contribution in [2.45, 2.75) is 65.6 Å². The molecule has 7 nitrogen and oxygen atoms in total. The molecular weight excluding hydrogens is 308 g/mol. The Kier molecular flexibility index (Phi) is 5.51. The number of amides is 2. The van der Waals surface area contributed by atoms with Crippen molar-refractivity contribution in [2.75, 3.05) is 6.54 Å². The van der Waals surface area contributed by atoms with Gasteiger partial charge in [0, 0.05) is 24.5 Å². The van der Waals surface area contributed by atoms with E-state index >= 15 is 0 Å². The number of imidazole rings is 1. The number of hydrogen-bond acceptors (Lipinski definition) is 4. The van der Waals surface area contributed by atoms with Crippen molar-refractivity contribution in [1.29, 1.82) is 0 Å². The fraction of sp³-hybridized carbons (Fsp3) is 0.706. The average molecular weight is 336 g/mol. The maximum absolute atomic E-state index is 12.5. The first-order valence-electron chi connectivity index (χ1n) is 8.45. The van der Waals surface area contributed by atoms with E-state index in [9.17, 15) is 9.59 Å². The molecule has 0 aliphatic carbocycles. The van der Waals surface area contributed by atoms with Crippen LogP contribution in [-0.2, 0) is 16.1 Å². The van der Waals surface area contributed by atoms with Crippen LogP contribution in [-0.4, -0.2) is 45.1 Å². The largest absolute Gasteiger partial charge is 0.444 e. The summed E-state index contributed by atoms with van der Waals surface area (Å²) in [5.74, 6) is 0.445. The van der Waals surface area contributed by atoms with Crippen LogP contribution in [0.15, 0.2) is 6.20 Å². The van der Waals surface area contributed by atoms with E-state index in [-0.39, 0.29) is 24.0 Å². The molecule has 0 unspecified atom stereocenters. The van der Waals surface area contributed by atoms with Crippen molar-refractivity contribution in [1.82, 2.24) is 20.2 Å². The van der Waals surface area contributed by atoms with Crippen LogP contribution in [0.25, 0.3) is 0 Å². The fourth-order valence-electron chi connectivity index (χ4n) is 2.93. The molecule has 1 saturated heterocycles. The minimum absolute atomic E-state index is 0.0511. The van der Waals surface area contributed by atoms with Gasteiger partial charge in [-0.3, -0.25) is 4.79 Å². The number of ether oxygens (including phenoxy) is 1. The maximum Gasteiger partial charge on any atom is 0.410 e. The van der Waals surface area contributed by atoms with E-state index in [0.29, 0.717) is 13.1 Å². The standard InChI is InChI=1S/C17H28N4O3/c1-11-9-18-14(20-11)10-19-15(22)13-7-6-8-21(12(13)2)16(23)24-17(3,4)5/h9,12-13H,6-8,10H2,1-5H3,(H,18,20)(H,19,22)/t12-,13-/m1/s1. The maximum atomic E-state index is 12.5. The van der Waals surface area contributed by atoms with Crippen molar-refractivity contribution >= 4 is 12.0 Å². The summed E-state index contributed by atoms with van der Waals surface area (Å²) in [6.45, 7) is 10.3. The van der Waals surface area contributed by atoms with Crippen LogP contribution in [0.2, 0.25) is 0 Å². The normalized spacial score (nSPS) is 21.5. The zero-order chi connectivity index (χ0) is 17.9. The topological polar surface area (TPSA) is 87.3 Å². The van der Waals surface area contributed by atoms with Crippen LogP contribution in [0.4, 0.5) is 4.79 Å². The summed E-state index contributed by atoms with van der Waals surface area (Å²) in [4.78, 5) is 33.8. The van der Waals surface area contributed by atoms with Crippen LogP contribution in [0.3, 0.4) is 0 Å². The van der Waals surface area contributed by atoms with Gasteiger partial charge >= 0.3 is 6.09 Å². The van der Waals surface area contributed by atoms with Crippen molar-refractivity contribution < 1.29 is 14.3 Å². The monoisotopic (exact) mass is 336 g/mol. The Morgan fingerprint density at radius 2 is 2.17 bits per heavy atom. The number of aryl methyl sites for hydroxylation is 1. The van der Waals surface area contributed by atoms with Crippen LogP contribution in [0.1, 0.15) is 52.1 Å². The molecule has 0 saturated carbocycles. The van der Waals surface area contributed by atoms with Gasteiger partial charge in [0.2, 0.25) is 5.91 Å². The van der Waals surface area contributed by atoms with Gasteiger partial charge in [0.05, 0.1) is 12.5 Å². The highest BCUT2D eigenvalue weighted by atomic mass is 16.6. The number of rotatable bonds is 3. The van der Waals surface area contributed by atoms with Gasteiger partial charge in [-0.1, -0.05) is 0 Å². The number of likely N-dealkylation sites (tertiary alicyclic amines) is 1. The number of carbonyl (C=O) groups excluding carboxylic acids is 2. The lowest BCUT2D eigenvalue weighted by Gasteiger charge is -2.39. The number of hydrogen-bond donors (Lipinski definition) is 2. The van der Waals surface area contributed by atoms with E-state index in [4.69, 9.17) is 4.74 Å². The summed E-state index contributed by atoms with van der Waals surface area (Å²) in [5, 5.41) is 2.91. The molecule has 0 radical (unpaired) electrons. The minimum atomic E-state index is -0.539. The Labute approximate surface area is 143 Å². The molecule has 0 spiro atoms. The Bertz CT molecular complexity index is 591. The van der Waals surface area contributed by atoms with E-state index in [1.54, 1.807) is 11.1 Å². The molecule has 2 amide bonds. The highest BCUT2D eigenvalue weighted by Crippen LogP contribution is 2.25. The summed E-state index contributed by atoms with van der Waals surface area (Å²) in [6.07, 6.45) is 2.94. The van der Waals surface area contributed by atoms with Gasteiger partial charge in [0.15, 0.2) is 0 Å². The zero-order valence-electron chi connectivity index (χ0n) is 15.2. The third-order valence-corrected chi connectivity index (χ3v) is 4.14. The third kappa shape index (κ3) is 4.72. The van der Waals surface area contributed by atoms with E-state index in [1.165, 1.54) is 0 Å². The van der Waals surface area contributed by atoms with Gasteiger partial charge in [-0.25, -0.2) is 9.78 Å². The highest BCUT2D eigenvalue weighted by Gasteiger charge is 2.37. The number of aromatic nitrogens is 2. The number of aromatic amines is 1. The molecule has 1 fully saturated rings. The van der Waals surface area contributed by atoms with E-state index in [1.807, 2.05) is 34.6 Å². The molecule has 24 heavy (non-hydrogen) atoms. The molecule has 2 N–H and O–H groups in total. The lowest BCUT2D eigenvalue weighted by atomic mass is 9.89.